The predicted molar refractivity (Wildman–Crippen MR) is 149 cm³/mol. The molecule has 5 nitrogen and oxygen atoms in total. The summed E-state index contributed by atoms with van der Waals surface area (Å²) in [6, 6.07) is 9.59. The lowest BCUT2D eigenvalue weighted by Crippen LogP contribution is -2.28. The summed E-state index contributed by atoms with van der Waals surface area (Å²) in [6.45, 7) is 2.70. The minimum Gasteiger partial charge on any atom is -0.505 e. The van der Waals surface area contributed by atoms with Crippen molar-refractivity contribution in [3.05, 3.63) is 52.1 Å². The van der Waals surface area contributed by atoms with Crippen LogP contribution < -0.4 is 5.32 Å². The maximum Gasteiger partial charge on any atom is 0.163 e. The van der Waals surface area contributed by atoms with Crippen molar-refractivity contribution in [3.63, 3.8) is 0 Å². The molecule has 3 aromatic rings. The quantitative estimate of drug-likeness (QED) is 0.307. The first-order valence-corrected chi connectivity index (χ1v) is 12.5. The Bertz CT molecular complexity index is 1180. The fourth-order valence-electron chi connectivity index (χ4n) is 4.77. The van der Waals surface area contributed by atoms with Crippen LogP contribution in [0, 0.1) is 5.92 Å². The molecule has 0 spiro atoms. The van der Waals surface area contributed by atoms with Crippen molar-refractivity contribution in [2.24, 2.45) is 5.92 Å². The number of benzene rings is 2. The van der Waals surface area contributed by atoms with Crippen LogP contribution in [0.5, 0.6) is 5.75 Å². The fourth-order valence-corrected chi connectivity index (χ4v) is 5.25. The highest BCUT2D eigenvalue weighted by atomic mass is 35.5. The van der Waals surface area contributed by atoms with Crippen molar-refractivity contribution in [3.8, 4) is 16.9 Å². The standard InChI is InChI=1S/C27H31Cl2N3O2.ClH/c1-16(33)22-15-30-25-9-6-18(19-13-23(28)27(34)24(29)14-19)12-21(25)26(22)31-20-7-4-17(5-8-20)10-11-32(2)3;/h6,9,12-15,17,20,34H,4-5,7-8,10-11H2,1-3H3,(H,30,31);1H/t17-,20-;. The maximum atomic E-state index is 12.5. The number of fused-ring (bicyclic) bond motifs is 1. The van der Waals surface area contributed by atoms with Crippen LogP contribution in [-0.2, 0) is 0 Å². The van der Waals surface area contributed by atoms with Crippen molar-refractivity contribution in [2.45, 2.75) is 45.1 Å². The molecule has 0 unspecified atom stereocenters. The van der Waals surface area contributed by atoms with E-state index in [2.05, 4.69) is 29.3 Å². The molecule has 0 radical (unpaired) electrons. The van der Waals surface area contributed by atoms with Crippen molar-refractivity contribution in [1.29, 1.82) is 0 Å². The van der Waals surface area contributed by atoms with Crippen LogP contribution in [0.4, 0.5) is 5.69 Å². The highest BCUT2D eigenvalue weighted by molar-refractivity contribution is 6.37. The summed E-state index contributed by atoms with van der Waals surface area (Å²) in [5.74, 6) is 0.618. The molecule has 2 N–H and O–H groups in total. The van der Waals surface area contributed by atoms with Crippen LogP contribution in [0.15, 0.2) is 36.5 Å². The molecule has 1 heterocycles. The summed E-state index contributed by atoms with van der Waals surface area (Å²) < 4.78 is 0. The second-order valence-corrected chi connectivity index (χ2v) is 10.4. The Labute approximate surface area is 223 Å². The number of pyridine rings is 1. The average Bonchev–Trinajstić information content (AvgIpc) is 2.81. The van der Waals surface area contributed by atoms with Crippen molar-refractivity contribution >= 4 is 58.0 Å². The van der Waals surface area contributed by atoms with Crippen molar-refractivity contribution in [1.82, 2.24) is 9.88 Å². The van der Waals surface area contributed by atoms with Gasteiger partial charge < -0.3 is 15.3 Å². The van der Waals surface area contributed by atoms with Gasteiger partial charge >= 0.3 is 0 Å². The van der Waals surface area contributed by atoms with Crippen molar-refractivity contribution < 1.29 is 9.90 Å². The molecule has 35 heavy (non-hydrogen) atoms. The normalized spacial score (nSPS) is 17.9. The van der Waals surface area contributed by atoms with Crippen LogP contribution in [0.2, 0.25) is 10.0 Å². The number of Topliss-reactive ketones (excluding diaryl/α,β-unsaturated/α-hetero) is 1. The lowest BCUT2D eigenvalue weighted by molar-refractivity contribution is 0.101. The molecule has 1 aromatic heterocycles. The number of nitrogens with one attached hydrogen (secondary N) is 1. The number of aromatic nitrogens is 1. The topological polar surface area (TPSA) is 65.5 Å². The highest BCUT2D eigenvalue weighted by Crippen LogP contribution is 2.39. The Morgan fingerprint density at radius 1 is 1.09 bits per heavy atom. The average molecular weight is 537 g/mol. The molecule has 1 saturated carbocycles. The van der Waals surface area contributed by atoms with Gasteiger partial charge in [-0.05, 0) is 101 Å². The number of phenolic OH excluding ortho intramolecular Hbond substituents is 1. The van der Waals surface area contributed by atoms with E-state index < -0.39 is 0 Å². The zero-order valence-corrected chi connectivity index (χ0v) is 22.6. The number of hydrogen-bond acceptors (Lipinski definition) is 5. The summed E-state index contributed by atoms with van der Waals surface area (Å²) >= 11 is 12.3. The molecule has 0 saturated heterocycles. The van der Waals surface area contributed by atoms with Gasteiger partial charge in [0.1, 0.15) is 0 Å². The number of rotatable bonds is 7. The number of nitrogens with zero attached hydrogens (tertiary/aromatic N) is 2. The van der Waals surface area contributed by atoms with E-state index in [1.165, 1.54) is 19.3 Å². The maximum absolute atomic E-state index is 12.5. The highest BCUT2D eigenvalue weighted by Gasteiger charge is 2.23. The summed E-state index contributed by atoms with van der Waals surface area (Å²) in [4.78, 5) is 19.3. The van der Waals surface area contributed by atoms with E-state index in [0.29, 0.717) is 11.6 Å². The Balaban J connectivity index is 0.00000342. The Morgan fingerprint density at radius 3 is 2.34 bits per heavy atom. The van der Waals surface area contributed by atoms with Gasteiger partial charge in [0.25, 0.3) is 0 Å². The molecule has 4 rings (SSSR count). The van der Waals surface area contributed by atoms with E-state index >= 15 is 0 Å². The molecular formula is C27H32Cl3N3O2. The van der Waals surface area contributed by atoms with Crippen LogP contribution in [0.3, 0.4) is 0 Å². The molecule has 0 amide bonds. The summed E-state index contributed by atoms with van der Waals surface area (Å²) in [5, 5.41) is 14.9. The van der Waals surface area contributed by atoms with Gasteiger partial charge in [-0.2, -0.15) is 0 Å². The van der Waals surface area contributed by atoms with E-state index in [-0.39, 0.29) is 34.0 Å². The number of phenols is 1. The Morgan fingerprint density at radius 2 is 1.74 bits per heavy atom. The first-order valence-electron chi connectivity index (χ1n) is 11.8. The molecular weight excluding hydrogens is 505 g/mol. The van der Waals surface area contributed by atoms with Crippen LogP contribution >= 0.6 is 35.6 Å². The second-order valence-electron chi connectivity index (χ2n) is 9.58. The molecule has 188 valence electrons. The first-order chi connectivity index (χ1) is 16.2. The largest absolute Gasteiger partial charge is 0.505 e. The van der Waals surface area contributed by atoms with Gasteiger partial charge in [0.15, 0.2) is 11.5 Å². The number of carbonyl (C=O) groups is 1. The van der Waals surface area contributed by atoms with Crippen LogP contribution in [0.1, 0.15) is 49.4 Å². The van der Waals surface area contributed by atoms with Crippen LogP contribution in [0.25, 0.3) is 22.0 Å². The van der Waals surface area contributed by atoms with Gasteiger partial charge in [-0.25, -0.2) is 0 Å². The lowest BCUT2D eigenvalue weighted by atomic mass is 9.83. The third-order valence-corrected chi connectivity index (χ3v) is 7.35. The number of hydrogen-bond donors (Lipinski definition) is 2. The molecule has 1 aliphatic carbocycles. The van der Waals surface area contributed by atoms with Gasteiger partial charge in [0.05, 0.1) is 26.8 Å². The summed E-state index contributed by atoms with van der Waals surface area (Å²) in [5.41, 5.74) is 3.92. The third-order valence-electron chi connectivity index (χ3n) is 6.78. The Hall–Kier alpha value is -2.05. The first kappa shape index (κ1) is 27.5. The van der Waals surface area contributed by atoms with E-state index in [1.54, 1.807) is 25.3 Å². The number of aromatic hydroxyl groups is 1. The van der Waals surface area contributed by atoms with Gasteiger partial charge in [0, 0.05) is 17.6 Å². The summed E-state index contributed by atoms with van der Waals surface area (Å²) in [6.07, 6.45) is 7.46. The molecule has 1 fully saturated rings. The van der Waals surface area contributed by atoms with Gasteiger partial charge in [-0.1, -0.05) is 29.3 Å². The van der Waals surface area contributed by atoms with E-state index in [9.17, 15) is 9.90 Å². The number of anilines is 1. The monoisotopic (exact) mass is 535 g/mol. The minimum absolute atomic E-state index is 0. The molecule has 2 aromatic carbocycles. The van der Waals surface area contributed by atoms with E-state index in [1.807, 2.05) is 18.2 Å². The molecule has 0 aliphatic heterocycles. The van der Waals surface area contributed by atoms with Crippen LogP contribution in [-0.4, -0.2) is 47.5 Å². The van der Waals surface area contributed by atoms with Gasteiger partial charge in [-0.15, -0.1) is 12.4 Å². The van der Waals surface area contributed by atoms with E-state index in [0.717, 1.165) is 53.0 Å². The number of ketones is 1. The van der Waals surface area contributed by atoms with Gasteiger partial charge in [-0.3, -0.25) is 9.78 Å². The SMILES string of the molecule is CC(=O)c1cnc2ccc(-c3cc(Cl)c(O)c(Cl)c3)cc2c1N[C@H]1CC[C@H](CCN(C)C)CC1.Cl. The zero-order chi connectivity index (χ0) is 24.4. The van der Waals surface area contributed by atoms with E-state index in [4.69, 9.17) is 23.2 Å². The Kier molecular flexibility index (Phi) is 9.28. The second kappa shape index (κ2) is 11.8. The fraction of sp³-hybridized carbons (Fsp3) is 0.407. The minimum atomic E-state index is -0.128. The summed E-state index contributed by atoms with van der Waals surface area (Å²) in [7, 11) is 4.25. The number of carbonyl (C=O) groups excluding carboxylic acids is 1. The number of halogens is 3. The van der Waals surface area contributed by atoms with Crippen molar-refractivity contribution in [2.75, 3.05) is 26.0 Å². The molecule has 1 aliphatic rings. The smallest absolute Gasteiger partial charge is 0.163 e. The van der Waals surface area contributed by atoms with Gasteiger partial charge in [0.2, 0.25) is 0 Å². The molecule has 0 atom stereocenters. The lowest BCUT2D eigenvalue weighted by Gasteiger charge is -2.31. The molecule has 8 heteroatoms. The third kappa shape index (κ3) is 6.39. The zero-order valence-electron chi connectivity index (χ0n) is 20.3. The predicted octanol–water partition coefficient (Wildman–Crippen LogP) is 7.46. The molecule has 0 bridgehead atoms.